The van der Waals surface area contributed by atoms with Gasteiger partial charge >= 0.3 is 0 Å². The van der Waals surface area contributed by atoms with Crippen molar-refractivity contribution >= 4 is 11.6 Å². The Morgan fingerprint density at radius 1 is 1.60 bits per heavy atom. The van der Waals surface area contributed by atoms with Gasteiger partial charge in [0, 0.05) is 6.20 Å². The van der Waals surface area contributed by atoms with Gasteiger partial charge in [0.25, 0.3) is 0 Å². The Morgan fingerprint density at radius 3 is 2.93 bits per heavy atom. The minimum absolute atomic E-state index is 0.172. The zero-order valence-electron chi connectivity index (χ0n) is 8.61. The molecule has 0 amide bonds. The van der Waals surface area contributed by atoms with E-state index < -0.39 is 0 Å². The van der Waals surface area contributed by atoms with Crippen LogP contribution in [0.2, 0.25) is 0 Å². The molecule has 2 heterocycles. The van der Waals surface area contributed by atoms with E-state index in [1.165, 1.54) is 0 Å². The first-order chi connectivity index (χ1) is 7.15. The van der Waals surface area contributed by atoms with Gasteiger partial charge < -0.3 is 0 Å². The second-order valence-corrected chi connectivity index (χ2v) is 4.13. The summed E-state index contributed by atoms with van der Waals surface area (Å²) in [5.41, 5.74) is 1.13. The average molecular weight is 226 g/mol. The van der Waals surface area contributed by atoms with Gasteiger partial charge in [-0.1, -0.05) is 0 Å². The van der Waals surface area contributed by atoms with E-state index in [0.717, 1.165) is 11.4 Å². The molecule has 0 aliphatic heterocycles. The monoisotopic (exact) mass is 225 g/mol. The first kappa shape index (κ1) is 10.2. The summed E-state index contributed by atoms with van der Waals surface area (Å²) in [4.78, 5) is 4.25. The smallest absolute Gasteiger partial charge is 0.168 e. The van der Waals surface area contributed by atoms with Crippen LogP contribution in [0.1, 0.15) is 29.5 Å². The van der Waals surface area contributed by atoms with Gasteiger partial charge in [-0.05, 0) is 19.4 Å². The molecule has 80 valence electrons. The lowest BCUT2D eigenvalue weighted by Crippen LogP contribution is -2.01. The van der Waals surface area contributed by atoms with Crippen LogP contribution < -0.4 is 0 Å². The number of nitrogens with zero attached hydrogens (tertiary/aromatic N) is 4. The Labute approximate surface area is 92.5 Å². The summed E-state index contributed by atoms with van der Waals surface area (Å²) >= 11 is 5.86. The zero-order chi connectivity index (χ0) is 10.8. The van der Waals surface area contributed by atoms with E-state index in [0.29, 0.717) is 12.4 Å². The number of rotatable bonds is 3. The lowest BCUT2D eigenvalue weighted by atomic mass is 10.4. The Kier molecular flexibility index (Phi) is 2.73. The number of aryl methyl sites for hydroxylation is 1. The molecule has 0 aliphatic carbocycles. The fourth-order valence-electron chi connectivity index (χ4n) is 1.27. The quantitative estimate of drug-likeness (QED) is 0.809. The Balaban J connectivity index is 2.11. The number of aromatic nitrogens is 5. The lowest BCUT2D eigenvalue weighted by Gasteiger charge is -1.95. The second-order valence-electron chi connectivity index (χ2n) is 3.47. The zero-order valence-corrected chi connectivity index (χ0v) is 9.36. The molecule has 1 unspecified atom stereocenters. The van der Waals surface area contributed by atoms with Crippen LogP contribution in [0, 0.1) is 6.92 Å². The molecule has 0 bridgehead atoms. The van der Waals surface area contributed by atoms with Crippen LogP contribution in [0.4, 0.5) is 0 Å². The highest BCUT2D eigenvalue weighted by Gasteiger charge is 2.08. The van der Waals surface area contributed by atoms with Crippen molar-refractivity contribution in [2.24, 2.45) is 0 Å². The van der Waals surface area contributed by atoms with Crippen molar-refractivity contribution in [3.8, 4) is 0 Å². The molecule has 0 fully saturated rings. The predicted octanol–water partition coefficient (Wildman–Crippen LogP) is 1.66. The first-order valence-electron chi connectivity index (χ1n) is 4.69. The predicted molar refractivity (Wildman–Crippen MR) is 56.7 cm³/mol. The van der Waals surface area contributed by atoms with Gasteiger partial charge in [0.2, 0.25) is 0 Å². The van der Waals surface area contributed by atoms with Gasteiger partial charge in [-0.25, -0.2) is 4.98 Å². The van der Waals surface area contributed by atoms with Gasteiger partial charge in [-0.3, -0.25) is 9.78 Å². The van der Waals surface area contributed by atoms with Crippen molar-refractivity contribution in [1.29, 1.82) is 0 Å². The van der Waals surface area contributed by atoms with Crippen molar-refractivity contribution in [1.82, 2.24) is 25.0 Å². The maximum absolute atomic E-state index is 5.86. The van der Waals surface area contributed by atoms with Crippen LogP contribution in [0.15, 0.2) is 12.4 Å². The number of halogens is 1. The van der Waals surface area contributed by atoms with Gasteiger partial charge in [0.15, 0.2) is 5.82 Å². The lowest BCUT2D eigenvalue weighted by molar-refractivity contribution is 0.657. The normalized spacial score (nSPS) is 13.0. The van der Waals surface area contributed by atoms with E-state index in [1.54, 1.807) is 10.9 Å². The molecule has 0 aromatic carbocycles. The molecule has 1 atom stereocenters. The molecule has 2 aromatic rings. The second kappa shape index (κ2) is 4.02. The molecule has 5 nitrogen and oxygen atoms in total. The highest BCUT2D eigenvalue weighted by molar-refractivity contribution is 6.20. The van der Waals surface area contributed by atoms with Crippen LogP contribution in [-0.4, -0.2) is 25.0 Å². The van der Waals surface area contributed by atoms with E-state index in [9.17, 15) is 0 Å². The number of hydrogen-bond donors (Lipinski definition) is 1. The molecule has 1 N–H and O–H groups in total. The minimum atomic E-state index is -0.172. The number of aromatic amines is 1. The molecule has 15 heavy (non-hydrogen) atoms. The molecular formula is C9H12ClN5. The molecule has 2 rings (SSSR count). The van der Waals surface area contributed by atoms with Crippen LogP contribution in [0.25, 0.3) is 0 Å². The largest absolute Gasteiger partial charge is 0.265 e. The fraction of sp³-hybridized carbons (Fsp3) is 0.444. The summed E-state index contributed by atoms with van der Waals surface area (Å²) in [6.45, 7) is 4.42. The van der Waals surface area contributed by atoms with E-state index >= 15 is 0 Å². The standard InChI is InChI=1S/C9H12ClN5/c1-6-3-11-15(4-6)5-8-12-9(7(2)10)14-13-8/h3-4,7H,5H2,1-2H3,(H,12,13,14). The highest BCUT2D eigenvalue weighted by Crippen LogP contribution is 2.14. The van der Waals surface area contributed by atoms with Crippen molar-refractivity contribution in [2.75, 3.05) is 0 Å². The summed E-state index contributed by atoms with van der Waals surface area (Å²) in [6, 6.07) is 0. The van der Waals surface area contributed by atoms with E-state index in [-0.39, 0.29) is 5.38 Å². The molecule has 6 heteroatoms. The summed E-state index contributed by atoms with van der Waals surface area (Å²) < 4.78 is 1.80. The van der Waals surface area contributed by atoms with Gasteiger partial charge in [0.1, 0.15) is 12.4 Å². The van der Waals surface area contributed by atoms with E-state index in [2.05, 4.69) is 20.3 Å². The van der Waals surface area contributed by atoms with Crippen LogP contribution >= 0.6 is 11.6 Å². The maximum atomic E-state index is 5.86. The third kappa shape index (κ3) is 2.36. The topological polar surface area (TPSA) is 59.4 Å². The molecule has 0 aliphatic rings. The number of H-pyrrole nitrogens is 1. The Bertz CT molecular complexity index is 445. The minimum Gasteiger partial charge on any atom is -0.265 e. The third-order valence-corrected chi connectivity index (χ3v) is 2.17. The SMILES string of the molecule is Cc1cnn(Cc2nc(C(C)Cl)n[nH]2)c1. The number of hydrogen-bond acceptors (Lipinski definition) is 3. The van der Waals surface area contributed by atoms with Gasteiger partial charge in [-0.2, -0.15) is 10.2 Å². The van der Waals surface area contributed by atoms with Crippen molar-refractivity contribution in [3.05, 3.63) is 29.6 Å². The molecule has 0 radical (unpaired) electrons. The average Bonchev–Trinajstić information content (AvgIpc) is 2.76. The Hall–Kier alpha value is -1.36. The molecule has 0 saturated carbocycles. The number of nitrogens with one attached hydrogen (secondary N) is 1. The first-order valence-corrected chi connectivity index (χ1v) is 5.13. The van der Waals surface area contributed by atoms with Crippen molar-refractivity contribution in [3.63, 3.8) is 0 Å². The highest BCUT2D eigenvalue weighted by atomic mass is 35.5. The van der Waals surface area contributed by atoms with Crippen molar-refractivity contribution in [2.45, 2.75) is 25.8 Å². The van der Waals surface area contributed by atoms with Crippen LogP contribution in [-0.2, 0) is 6.54 Å². The maximum Gasteiger partial charge on any atom is 0.168 e. The van der Waals surface area contributed by atoms with Gasteiger partial charge in [0.05, 0.1) is 11.6 Å². The summed E-state index contributed by atoms with van der Waals surface area (Å²) in [6.07, 6.45) is 3.76. The summed E-state index contributed by atoms with van der Waals surface area (Å²) in [5.74, 6) is 1.39. The fourth-order valence-corrected chi connectivity index (χ4v) is 1.36. The van der Waals surface area contributed by atoms with E-state index in [4.69, 9.17) is 11.6 Å². The molecule has 2 aromatic heterocycles. The van der Waals surface area contributed by atoms with E-state index in [1.807, 2.05) is 20.0 Å². The third-order valence-electron chi connectivity index (χ3n) is 1.98. The van der Waals surface area contributed by atoms with Gasteiger partial charge in [-0.15, -0.1) is 11.6 Å². The molecule has 0 saturated heterocycles. The number of alkyl halides is 1. The summed E-state index contributed by atoms with van der Waals surface area (Å²) in [5, 5.41) is 10.8. The van der Waals surface area contributed by atoms with Crippen molar-refractivity contribution < 1.29 is 0 Å². The van der Waals surface area contributed by atoms with Crippen LogP contribution in [0.3, 0.4) is 0 Å². The van der Waals surface area contributed by atoms with Crippen LogP contribution in [0.5, 0.6) is 0 Å². The summed E-state index contributed by atoms with van der Waals surface area (Å²) in [7, 11) is 0. The molecular weight excluding hydrogens is 214 g/mol. The Morgan fingerprint density at radius 2 is 2.40 bits per heavy atom. The molecule has 0 spiro atoms.